The van der Waals surface area contributed by atoms with Gasteiger partial charge in [0.2, 0.25) is 0 Å². The molecule has 1 aromatic rings. The Morgan fingerprint density at radius 3 is 2.75 bits per heavy atom. The molecule has 0 amide bonds. The molecule has 1 aromatic heterocycles. The highest BCUT2D eigenvalue weighted by molar-refractivity contribution is 5.71. The molecule has 0 aliphatic heterocycles. The number of hydrogen-bond acceptors (Lipinski definition) is 4. The standard InChI is InChI=1S/C12H17NO3/c1-10(2)9-15-5-6-16-12-4-3-11(8-14)13-7-12/h3-4,7-8,10H,5-6,9H2,1-2H3. The molecule has 4 heteroatoms. The van der Waals surface area contributed by atoms with Crippen molar-refractivity contribution >= 4 is 6.29 Å². The number of ether oxygens (including phenoxy) is 2. The quantitative estimate of drug-likeness (QED) is 0.523. The number of carbonyl (C=O) groups excluding carboxylic acids is 1. The van der Waals surface area contributed by atoms with E-state index in [1.807, 2.05) is 0 Å². The van der Waals surface area contributed by atoms with Gasteiger partial charge in [-0.1, -0.05) is 13.8 Å². The lowest BCUT2D eigenvalue weighted by Gasteiger charge is -2.08. The van der Waals surface area contributed by atoms with Crippen LogP contribution in [-0.4, -0.2) is 31.1 Å². The molecule has 1 rings (SSSR count). The Labute approximate surface area is 95.6 Å². The van der Waals surface area contributed by atoms with Crippen molar-refractivity contribution in [3.8, 4) is 5.75 Å². The normalized spacial score (nSPS) is 10.4. The molecule has 0 bridgehead atoms. The molecule has 1 heterocycles. The number of aromatic nitrogens is 1. The van der Waals surface area contributed by atoms with Gasteiger partial charge in [-0.05, 0) is 18.1 Å². The minimum Gasteiger partial charge on any atom is -0.490 e. The summed E-state index contributed by atoms with van der Waals surface area (Å²) < 4.78 is 10.7. The van der Waals surface area contributed by atoms with Crippen LogP contribution in [0.3, 0.4) is 0 Å². The largest absolute Gasteiger partial charge is 0.490 e. The summed E-state index contributed by atoms with van der Waals surface area (Å²) in [6.07, 6.45) is 2.24. The average Bonchev–Trinajstić information content (AvgIpc) is 2.29. The van der Waals surface area contributed by atoms with Crippen molar-refractivity contribution in [1.82, 2.24) is 4.98 Å². The van der Waals surface area contributed by atoms with Crippen molar-refractivity contribution in [3.05, 3.63) is 24.0 Å². The highest BCUT2D eigenvalue weighted by atomic mass is 16.5. The Balaban J connectivity index is 2.19. The molecule has 88 valence electrons. The van der Waals surface area contributed by atoms with Crippen LogP contribution in [0.15, 0.2) is 18.3 Å². The van der Waals surface area contributed by atoms with Crippen LogP contribution in [0.1, 0.15) is 24.3 Å². The van der Waals surface area contributed by atoms with Crippen LogP contribution in [0.5, 0.6) is 5.75 Å². The van der Waals surface area contributed by atoms with E-state index in [0.717, 1.165) is 6.61 Å². The monoisotopic (exact) mass is 223 g/mol. The van der Waals surface area contributed by atoms with Crippen molar-refractivity contribution in [3.63, 3.8) is 0 Å². The second-order valence-electron chi connectivity index (χ2n) is 3.85. The van der Waals surface area contributed by atoms with E-state index >= 15 is 0 Å². The molecule has 0 aliphatic rings. The Morgan fingerprint density at radius 1 is 1.38 bits per heavy atom. The zero-order valence-electron chi connectivity index (χ0n) is 9.68. The first kappa shape index (κ1) is 12.6. The van der Waals surface area contributed by atoms with Gasteiger partial charge >= 0.3 is 0 Å². The third kappa shape index (κ3) is 4.89. The van der Waals surface area contributed by atoms with Gasteiger partial charge in [-0.15, -0.1) is 0 Å². The van der Waals surface area contributed by atoms with Gasteiger partial charge in [0.25, 0.3) is 0 Å². The fourth-order valence-corrected chi connectivity index (χ4v) is 1.08. The Hall–Kier alpha value is -1.42. The first-order chi connectivity index (χ1) is 7.72. The summed E-state index contributed by atoms with van der Waals surface area (Å²) in [5, 5.41) is 0. The number of rotatable bonds is 7. The molecule has 0 N–H and O–H groups in total. The lowest BCUT2D eigenvalue weighted by Crippen LogP contribution is -2.10. The van der Waals surface area contributed by atoms with E-state index in [2.05, 4.69) is 18.8 Å². The smallest absolute Gasteiger partial charge is 0.168 e. The van der Waals surface area contributed by atoms with Gasteiger partial charge in [0.1, 0.15) is 18.1 Å². The summed E-state index contributed by atoms with van der Waals surface area (Å²) in [6, 6.07) is 3.34. The Kier molecular flexibility index (Phi) is 5.50. The topological polar surface area (TPSA) is 48.4 Å². The van der Waals surface area contributed by atoms with Gasteiger partial charge in [0.05, 0.1) is 12.8 Å². The van der Waals surface area contributed by atoms with E-state index in [-0.39, 0.29) is 0 Å². The van der Waals surface area contributed by atoms with E-state index in [9.17, 15) is 4.79 Å². The third-order valence-electron chi connectivity index (χ3n) is 1.83. The van der Waals surface area contributed by atoms with E-state index in [1.165, 1.54) is 6.20 Å². The molecular formula is C12H17NO3. The van der Waals surface area contributed by atoms with E-state index < -0.39 is 0 Å². The third-order valence-corrected chi connectivity index (χ3v) is 1.83. The maximum atomic E-state index is 10.4. The van der Waals surface area contributed by atoms with Crippen LogP contribution in [-0.2, 0) is 4.74 Å². The lowest BCUT2D eigenvalue weighted by molar-refractivity contribution is 0.0818. The van der Waals surface area contributed by atoms with Crippen LogP contribution in [0.4, 0.5) is 0 Å². The summed E-state index contributed by atoms with van der Waals surface area (Å²) in [5.74, 6) is 1.19. The molecular weight excluding hydrogens is 206 g/mol. The Morgan fingerprint density at radius 2 is 2.19 bits per heavy atom. The number of aldehydes is 1. The first-order valence-corrected chi connectivity index (χ1v) is 5.34. The maximum absolute atomic E-state index is 10.4. The molecule has 0 aromatic carbocycles. The number of carbonyl (C=O) groups is 1. The summed E-state index contributed by atoms with van der Waals surface area (Å²) in [5.41, 5.74) is 0.406. The second-order valence-corrected chi connectivity index (χ2v) is 3.85. The molecule has 0 unspecified atom stereocenters. The van der Waals surface area contributed by atoms with Crippen molar-refractivity contribution in [2.45, 2.75) is 13.8 Å². The van der Waals surface area contributed by atoms with Crippen molar-refractivity contribution in [2.24, 2.45) is 5.92 Å². The molecule has 0 saturated heterocycles. The van der Waals surface area contributed by atoms with Gasteiger partial charge < -0.3 is 9.47 Å². The van der Waals surface area contributed by atoms with E-state index in [1.54, 1.807) is 12.1 Å². The predicted molar refractivity (Wildman–Crippen MR) is 60.8 cm³/mol. The van der Waals surface area contributed by atoms with Crippen LogP contribution in [0.2, 0.25) is 0 Å². The van der Waals surface area contributed by atoms with Crippen molar-refractivity contribution in [1.29, 1.82) is 0 Å². The summed E-state index contributed by atoms with van der Waals surface area (Å²) in [4.78, 5) is 14.2. The van der Waals surface area contributed by atoms with E-state index in [0.29, 0.717) is 36.9 Å². The van der Waals surface area contributed by atoms with Crippen molar-refractivity contribution in [2.75, 3.05) is 19.8 Å². The number of hydrogen-bond donors (Lipinski definition) is 0. The summed E-state index contributed by atoms with van der Waals surface area (Å²) >= 11 is 0. The van der Waals surface area contributed by atoms with Gasteiger partial charge in [0, 0.05) is 6.61 Å². The minimum absolute atomic E-state index is 0.406. The predicted octanol–water partition coefficient (Wildman–Crippen LogP) is 1.95. The van der Waals surface area contributed by atoms with Crippen LogP contribution in [0.25, 0.3) is 0 Å². The van der Waals surface area contributed by atoms with Crippen LogP contribution < -0.4 is 4.74 Å². The molecule has 0 spiro atoms. The van der Waals surface area contributed by atoms with Crippen LogP contribution >= 0.6 is 0 Å². The fraction of sp³-hybridized carbons (Fsp3) is 0.500. The molecule has 4 nitrogen and oxygen atoms in total. The lowest BCUT2D eigenvalue weighted by atomic mass is 10.2. The van der Waals surface area contributed by atoms with Gasteiger partial charge in [-0.25, -0.2) is 4.98 Å². The van der Waals surface area contributed by atoms with Crippen molar-refractivity contribution < 1.29 is 14.3 Å². The fourth-order valence-electron chi connectivity index (χ4n) is 1.08. The highest BCUT2D eigenvalue weighted by Crippen LogP contribution is 2.07. The highest BCUT2D eigenvalue weighted by Gasteiger charge is 1.97. The second kappa shape index (κ2) is 6.95. The summed E-state index contributed by atoms with van der Waals surface area (Å²) in [6.45, 7) is 6.00. The van der Waals surface area contributed by atoms with E-state index in [4.69, 9.17) is 9.47 Å². The van der Waals surface area contributed by atoms with Gasteiger partial charge in [-0.2, -0.15) is 0 Å². The zero-order valence-corrected chi connectivity index (χ0v) is 9.68. The first-order valence-electron chi connectivity index (χ1n) is 5.34. The van der Waals surface area contributed by atoms with Crippen LogP contribution in [0, 0.1) is 5.92 Å². The molecule has 16 heavy (non-hydrogen) atoms. The maximum Gasteiger partial charge on any atom is 0.168 e. The zero-order chi connectivity index (χ0) is 11.8. The average molecular weight is 223 g/mol. The molecule has 0 aliphatic carbocycles. The molecule has 0 fully saturated rings. The molecule has 0 atom stereocenters. The number of pyridine rings is 1. The SMILES string of the molecule is CC(C)COCCOc1ccc(C=O)nc1. The van der Waals surface area contributed by atoms with Gasteiger partial charge in [-0.3, -0.25) is 4.79 Å². The Bertz CT molecular complexity index is 309. The molecule has 0 radical (unpaired) electrons. The number of nitrogens with zero attached hydrogens (tertiary/aromatic N) is 1. The minimum atomic E-state index is 0.406. The summed E-state index contributed by atoms with van der Waals surface area (Å²) in [7, 11) is 0. The van der Waals surface area contributed by atoms with Gasteiger partial charge in [0.15, 0.2) is 6.29 Å². The molecule has 0 saturated carbocycles.